The van der Waals surface area contributed by atoms with E-state index < -0.39 is 5.97 Å². The number of nitrogens with zero attached hydrogens (tertiary/aromatic N) is 1. The summed E-state index contributed by atoms with van der Waals surface area (Å²) in [6.07, 6.45) is 2.86. The van der Waals surface area contributed by atoms with Crippen LogP contribution in [0.4, 0.5) is 0 Å². The number of carbonyl (C=O) groups excluding carboxylic acids is 1. The predicted molar refractivity (Wildman–Crippen MR) is 59.2 cm³/mol. The number of hydrogen-bond donors (Lipinski definition) is 1. The number of carbonyl (C=O) groups is 2. The van der Waals surface area contributed by atoms with Crippen LogP contribution in [0, 0.1) is 6.92 Å². The molecular formula is C12H11NO4. The fourth-order valence-corrected chi connectivity index (χ4v) is 1.63. The molecule has 5 nitrogen and oxygen atoms in total. The Morgan fingerprint density at radius 1 is 1.29 bits per heavy atom. The molecule has 0 saturated heterocycles. The summed E-state index contributed by atoms with van der Waals surface area (Å²) >= 11 is 0. The van der Waals surface area contributed by atoms with Crippen molar-refractivity contribution in [1.29, 1.82) is 0 Å². The van der Waals surface area contributed by atoms with Crippen molar-refractivity contribution < 1.29 is 19.1 Å². The minimum absolute atomic E-state index is 0.0774. The number of ketones is 1. The molecule has 0 aliphatic rings. The third-order valence-electron chi connectivity index (χ3n) is 2.48. The lowest BCUT2D eigenvalue weighted by molar-refractivity contribution is 0.0686. The van der Waals surface area contributed by atoms with Gasteiger partial charge in [0.15, 0.2) is 5.78 Å². The summed E-state index contributed by atoms with van der Waals surface area (Å²) in [6.45, 7) is 1.74. The quantitative estimate of drug-likeness (QED) is 0.821. The van der Waals surface area contributed by atoms with Gasteiger partial charge in [-0.3, -0.25) is 4.79 Å². The van der Waals surface area contributed by atoms with Crippen molar-refractivity contribution in [3.63, 3.8) is 0 Å². The van der Waals surface area contributed by atoms with Crippen LogP contribution < -0.4 is 0 Å². The third-order valence-corrected chi connectivity index (χ3v) is 2.48. The fraction of sp³-hybridized carbons (Fsp3) is 0.167. The molecule has 0 fully saturated rings. The molecule has 2 aromatic heterocycles. The molecule has 88 valence electrons. The average Bonchev–Trinajstić information content (AvgIpc) is 2.83. The summed E-state index contributed by atoms with van der Waals surface area (Å²) in [5, 5.41) is 8.88. The number of aromatic nitrogens is 1. The van der Waals surface area contributed by atoms with E-state index in [9.17, 15) is 9.59 Å². The molecule has 5 heteroatoms. The Kier molecular flexibility index (Phi) is 2.59. The van der Waals surface area contributed by atoms with Gasteiger partial charge in [0.05, 0.1) is 5.56 Å². The third kappa shape index (κ3) is 1.99. The van der Waals surface area contributed by atoms with E-state index in [0.29, 0.717) is 16.9 Å². The first-order valence-corrected chi connectivity index (χ1v) is 4.98. The smallest absolute Gasteiger partial charge is 0.352 e. The minimum atomic E-state index is -1.06. The Balaban J connectivity index is 2.38. The van der Waals surface area contributed by atoms with E-state index in [4.69, 9.17) is 9.52 Å². The first kappa shape index (κ1) is 11.2. The molecule has 2 aromatic rings. The van der Waals surface area contributed by atoms with E-state index in [1.165, 1.54) is 23.1 Å². The normalized spacial score (nSPS) is 10.5. The lowest BCUT2D eigenvalue weighted by Crippen LogP contribution is -2.02. The van der Waals surface area contributed by atoms with E-state index in [2.05, 4.69) is 0 Å². The van der Waals surface area contributed by atoms with Gasteiger partial charge in [-0.05, 0) is 19.1 Å². The molecule has 0 aromatic carbocycles. The standard InChI is InChI=1S/C12H11NO4/c1-7-3-9(6-17-7)11(14)8-4-10(12(15)16)13(2)5-8/h3-6H,1-2H3,(H,15,16). The largest absolute Gasteiger partial charge is 0.477 e. The second kappa shape index (κ2) is 3.93. The van der Waals surface area contributed by atoms with Crippen LogP contribution in [0.2, 0.25) is 0 Å². The Morgan fingerprint density at radius 2 is 2.00 bits per heavy atom. The maximum atomic E-state index is 12.0. The van der Waals surface area contributed by atoms with Crippen LogP contribution >= 0.6 is 0 Å². The highest BCUT2D eigenvalue weighted by Crippen LogP contribution is 2.15. The SMILES string of the molecule is Cc1cc(C(=O)c2cc(C(=O)O)n(C)c2)co1. The molecule has 0 bridgehead atoms. The topological polar surface area (TPSA) is 72.4 Å². The Bertz CT molecular complexity index is 591. The Morgan fingerprint density at radius 3 is 2.47 bits per heavy atom. The Hall–Kier alpha value is -2.30. The Labute approximate surface area is 97.3 Å². The molecule has 17 heavy (non-hydrogen) atoms. The van der Waals surface area contributed by atoms with Gasteiger partial charge in [0.1, 0.15) is 17.7 Å². The first-order valence-electron chi connectivity index (χ1n) is 4.98. The van der Waals surface area contributed by atoms with Crippen molar-refractivity contribution in [2.75, 3.05) is 0 Å². The van der Waals surface area contributed by atoms with Crippen molar-refractivity contribution >= 4 is 11.8 Å². The molecule has 2 rings (SSSR count). The van der Waals surface area contributed by atoms with Crippen LogP contribution in [0.1, 0.15) is 32.2 Å². The molecule has 0 amide bonds. The van der Waals surface area contributed by atoms with Gasteiger partial charge in [0, 0.05) is 18.8 Å². The van der Waals surface area contributed by atoms with Crippen LogP contribution in [0.3, 0.4) is 0 Å². The number of aromatic carboxylic acids is 1. The summed E-state index contributed by atoms with van der Waals surface area (Å²) < 4.78 is 6.45. The fourth-order valence-electron chi connectivity index (χ4n) is 1.63. The second-order valence-electron chi connectivity index (χ2n) is 3.81. The number of carboxylic acids is 1. The van der Waals surface area contributed by atoms with Crippen LogP contribution in [0.25, 0.3) is 0 Å². The monoisotopic (exact) mass is 233 g/mol. The average molecular weight is 233 g/mol. The molecule has 0 aliphatic carbocycles. The maximum absolute atomic E-state index is 12.0. The number of carboxylic acid groups (broad SMARTS) is 1. The zero-order valence-corrected chi connectivity index (χ0v) is 9.43. The summed E-state index contributed by atoms with van der Waals surface area (Å²) in [4.78, 5) is 22.8. The summed E-state index contributed by atoms with van der Waals surface area (Å²) in [5.41, 5.74) is 0.837. The van der Waals surface area contributed by atoms with E-state index >= 15 is 0 Å². The maximum Gasteiger partial charge on any atom is 0.352 e. The van der Waals surface area contributed by atoms with Gasteiger partial charge >= 0.3 is 5.97 Å². The van der Waals surface area contributed by atoms with Crippen molar-refractivity contribution in [2.45, 2.75) is 6.92 Å². The zero-order valence-electron chi connectivity index (χ0n) is 9.43. The van der Waals surface area contributed by atoms with Crippen LogP contribution in [0.15, 0.2) is 29.0 Å². The molecule has 1 N–H and O–H groups in total. The number of furan rings is 1. The summed E-state index contributed by atoms with van der Waals surface area (Å²) in [6, 6.07) is 2.97. The molecular weight excluding hydrogens is 222 g/mol. The van der Waals surface area contributed by atoms with Gasteiger partial charge in [-0.1, -0.05) is 0 Å². The molecule has 0 aliphatic heterocycles. The van der Waals surface area contributed by atoms with Crippen LogP contribution in [-0.2, 0) is 7.05 Å². The number of hydrogen-bond acceptors (Lipinski definition) is 3. The van der Waals surface area contributed by atoms with Crippen molar-refractivity contribution in [3.8, 4) is 0 Å². The predicted octanol–water partition coefficient (Wildman–Crippen LogP) is 1.86. The first-order chi connectivity index (χ1) is 7.99. The minimum Gasteiger partial charge on any atom is -0.477 e. The molecule has 0 spiro atoms. The van der Waals surface area contributed by atoms with Gasteiger partial charge in [0.2, 0.25) is 0 Å². The van der Waals surface area contributed by atoms with E-state index in [0.717, 1.165) is 0 Å². The van der Waals surface area contributed by atoms with Crippen molar-refractivity contribution in [3.05, 3.63) is 47.2 Å². The van der Waals surface area contributed by atoms with Gasteiger partial charge in [0.25, 0.3) is 0 Å². The highest BCUT2D eigenvalue weighted by Gasteiger charge is 2.17. The molecule has 0 unspecified atom stereocenters. The van der Waals surface area contributed by atoms with Crippen LogP contribution in [-0.4, -0.2) is 21.4 Å². The highest BCUT2D eigenvalue weighted by atomic mass is 16.4. The lowest BCUT2D eigenvalue weighted by atomic mass is 10.1. The van der Waals surface area contributed by atoms with E-state index in [-0.39, 0.29) is 11.5 Å². The van der Waals surface area contributed by atoms with Gasteiger partial charge in [-0.2, -0.15) is 0 Å². The summed E-state index contributed by atoms with van der Waals surface area (Å²) in [5.74, 6) is -0.664. The second-order valence-corrected chi connectivity index (χ2v) is 3.81. The molecule has 2 heterocycles. The van der Waals surface area contributed by atoms with Crippen molar-refractivity contribution in [1.82, 2.24) is 4.57 Å². The van der Waals surface area contributed by atoms with E-state index in [1.54, 1.807) is 20.0 Å². The lowest BCUT2D eigenvalue weighted by Gasteiger charge is -1.93. The van der Waals surface area contributed by atoms with Gasteiger partial charge < -0.3 is 14.1 Å². The molecule has 0 radical (unpaired) electrons. The van der Waals surface area contributed by atoms with Gasteiger partial charge in [-0.25, -0.2) is 4.79 Å². The van der Waals surface area contributed by atoms with Crippen molar-refractivity contribution in [2.24, 2.45) is 7.05 Å². The zero-order chi connectivity index (χ0) is 12.6. The summed E-state index contributed by atoms with van der Waals surface area (Å²) in [7, 11) is 1.58. The van der Waals surface area contributed by atoms with Gasteiger partial charge in [-0.15, -0.1) is 0 Å². The van der Waals surface area contributed by atoms with E-state index in [1.807, 2.05) is 0 Å². The molecule has 0 saturated carbocycles. The highest BCUT2D eigenvalue weighted by molar-refractivity contribution is 6.09. The number of aryl methyl sites for hydroxylation is 2. The molecule has 0 atom stereocenters. The number of rotatable bonds is 3. The van der Waals surface area contributed by atoms with Crippen LogP contribution in [0.5, 0.6) is 0 Å².